The van der Waals surface area contributed by atoms with E-state index in [1.54, 1.807) is 6.92 Å². The van der Waals surface area contributed by atoms with Crippen LogP contribution in [0.15, 0.2) is 0 Å². The lowest BCUT2D eigenvalue weighted by Crippen LogP contribution is -2.30. The summed E-state index contributed by atoms with van der Waals surface area (Å²) >= 11 is 0. The van der Waals surface area contributed by atoms with Crippen molar-refractivity contribution in [3.63, 3.8) is 0 Å². The van der Waals surface area contributed by atoms with Crippen molar-refractivity contribution in [3.05, 3.63) is 0 Å². The molecule has 1 N–H and O–H groups in total. The molecule has 0 spiro atoms. The van der Waals surface area contributed by atoms with Gasteiger partial charge in [0.1, 0.15) is 6.23 Å². The van der Waals surface area contributed by atoms with Crippen LogP contribution in [0.25, 0.3) is 0 Å². The lowest BCUT2D eigenvalue weighted by atomic mass is 10.1. The Morgan fingerprint density at radius 3 is 1.68 bits per heavy atom. The molecule has 0 fully saturated rings. The van der Waals surface area contributed by atoms with Gasteiger partial charge in [0.25, 0.3) is 7.82 Å². The van der Waals surface area contributed by atoms with Crippen molar-refractivity contribution >= 4 is 7.82 Å². The second-order valence-corrected chi connectivity index (χ2v) is 9.30. The smallest absolute Gasteiger partial charge is 0.269 e. The minimum Gasteiger partial charge on any atom is -0.756 e. The predicted octanol–water partition coefficient (Wildman–Crippen LogP) is 6.71. The first-order chi connectivity index (χ1) is 13.5. The van der Waals surface area contributed by atoms with Crippen LogP contribution in [0.5, 0.6) is 0 Å². The standard InChI is InChI=1S/C22H48NO4P/c1-4-6-8-10-12-13-14-15-16-18-20-23-22(3)27-28(24,25)26-21-19-17-11-9-7-5-2/h22-23H,4-21H2,1-3H3,(H,24,25)/p-1. The molecule has 0 aromatic carbocycles. The number of phosphoric ester groups is 1. The molecule has 2 atom stereocenters. The van der Waals surface area contributed by atoms with Crippen molar-refractivity contribution in [1.29, 1.82) is 0 Å². The van der Waals surface area contributed by atoms with Crippen molar-refractivity contribution in [2.24, 2.45) is 0 Å². The zero-order valence-corrected chi connectivity index (χ0v) is 19.8. The topological polar surface area (TPSA) is 70.6 Å². The zero-order valence-electron chi connectivity index (χ0n) is 18.9. The fourth-order valence-corrected chi connectivity index (χ4v) is 4.11. The fraction of sp³-hybridized carbons (Fsp3) is 1.00. The van der Waals surface area contributed by atoms with Gasteiger partial charge < -0.3 is 9.42 Å². The van der Waals surface area contributed by atoms with E-state index in [0.29, 0.717) is 0 Å². The first-order valence-corrected chi connectivity index (χ1v) is 13.3. The molecule has 170 valence electrons. The molecular formula is C22H47NO4P-. The van der Waals surface area contributed by atoms with Crippen LogP contribution in [-0.2, 0) is 13.6 Å². The Morgan fingerprint density at radius 2 is 1.18 bits per heavy atom. The zero-order chi connectivity index (χ0) is 20.9. The summed E-state index contributed by atoms with van der Waals surface area (Å²) in [7, 11) is -4.20. The van der Waals surface area contributed by atoms with Gasteiger partial charge in [0, 0.05) is 0 Å². The molecule has 0 aliphatic carbocycles. The van der Waals surface area contributed by atoms with E-state index in [1.165, 1.54) is 77.0 Å². The monoisotopic (exact) mass is 420 g/mol. The van der Waals surface area contributed by atoms with E-state index in [0.717, 1.165) is 32.2 Å². The Bertz CT molecular complexity index is 368. The molecule has 2 unspecified atom stereocenters. The van der Waals surface area contributed by atoms with Crippen LogP contribution in [0.4, 0.5) is 0 Å². The molecule has 0 aliphatic heterocycles. The maximum Gasteiger partial charge on any atom is 0.269 e. The number of hydrogen-bond donors (Lipinski definition) is 1. The average Bonchev–Trinajstić information content (AvgIpc) is 2.65. The molecule has 0 amide bonds. The quantitative estimate of drug-likeness (QED) is 0.120. The van der Waals surface area contributed by atoms with Gasteiger partial charge in [-0.3, -0.25) is 14.4 Å². The normalized spacial score (nSPS) is 14.9. The highest BCUT2D eigenvalue weighted by molar-refractivity contribution is 7.45. The Balaban J connectivity index is 3.48. The number of unbranched alkanes of at least 4 members (excludes halogenated alkanes) is 14. The number of rotatable bonds is 22. The minimum absolute atomic E-state index is 0.220. The average molecular weight is 421 g/mol. The third-order valence-corrected chi connectivity index (χ3v) is 6.07. The molecule has 0 saturated carbocycles. The van der Waals surface area contributed by atoms with Crippen LogP contribution < -0.4 is 10.2 Å². The van der Waals surface area contributed by atoms with E-state index in [2.05, 4.69) is 19.2 Å². The van der Waals surface area contributed by atoms with Gasteiger partial charge in [0.15, 0.2) is 0 Å². The van der Waals surface area contributed by atoms with Gasteiger partial charge >= 0.3 is 0 Å². The SMILES string of the molecule is CCCCCCCCCCCCNC(C)OP(=O)([O-])OCCCCCCCC. The Labute approximate surface area is 175 Å². The van der Waals surface area contributed by atoms with Crippen LogP contribution in [0, 0.1) is 0 Å². The minimum atomic E-state index is -4.20. The van der Waals surface area contributed by atoms with Gasteiger partial charge in [0.2, 0.25) is 0 Å². The fourth-order valence-electron chi connectivity index (χ4n) is 3.24. The van der Waals surface area contributed by atoms with Crippen molar-refractivity contribution in [2.45, 2.75) is 130 Å². The molecule has 0 aromatic heterocycles. The molecule has 28 heavy (non-hydrogen) atoms. The Morgan fingerprint density at radius 1 is 0.750 bits per heavy atom. The molecule has 0 aromatic rings. The van der Waals surface area contributed by atoms with Gasteiger partial charge in [-0.15, -0.1) is 0 Å². The highest BCUT2D eigenvalue weighted by atomic mass is 31.2. The highest BCUT2D eigenvalue weighted by Crippen LogP contribution is 2.39. The van der Waals surface area contributed by atoms with Gasteiger partial charge in [-0.25, -0.2) is 0 Å². The van der Waals surface area contributed by atoms with Crippen molar-refractivity contribution in [1.82, 2.24) is 5.32 Å². The third kappa shape index (κ3) is 20.8. The van der Waals surface area contributed by atoms with Gasteiger partial charge in [0.05, 0.1) is 6.61 Å². The third-order valence-electron chi connectivity index (χ3n) is 5.00. The second kappa shape index (κ2) is 20.3. The first-order valence-electron chi connectivity index (χ1n) is 11.9. The van der Waals surface area contributed by atoms with E-state index in [4.69, 9.17) is 9.05 Å². The molecule has 0 heterocycles. The Kier molecular flexibility index (Phi) is 20.4. The molecular weight excluding hydrogens is 373 g/mol. The predicted molar refractivity (Wildman–Crippen MR) is 117 cm³/mol. The van der Waals surface area contributed by atoms with Crippen LogP contribution in [0.2, 0.25) is 0 Å². The Hall–Kier alpha value is 0.0700. The second-order valence-electron chi connectivity index (χ2n) is 7.93. The number of phosphoric acid groups is 1. The summed E-state index contributed by atoms with van der Waals surface area (Å²) < 4.78 is 21.8. The molecule has 6 heteroatoms. The van der Waals surface area contributed by atoms with Crippen LogP contribution in [-0.4, -0.2) is 19.4 Å². The maximum atomic E-state index is 11.8. The van der Waals surface area contributed by atoms with E-state index in [-0.39, 0.29) is 6.61 Å². The summed E-state index contributed by atoms with van der Waals surface area (Å²) in [6, 6.07) is 0. The lowest BCUT2D eigenvalue weighted by molar-refractivity contribution is -0.230. The van der Waals surface area contributed by atoms with Gasteiger partial charge in [-0.2, -0.15) is 0 Å². The molecule has 5 nitrogen and oxygen atoms in total. The van der Waals surface area contributed by atoms with Crippen molar-refractivity contribution in [3.8, 4) is 0 Å². The van der Waals surface area contributed by atoms with Crippen molar-refractivity contribution in [2.75, 3.05) is 13.2 Å². The lowest BCUT2D eigenvalue weighted by Gasteiger charge is -2.26. The van der Waals surface area contributed by atoms with E-state index >= 15 is 0 Å². The molecule has 0 aliphatic rings. The molecule has 0 bridgehead atoms. The maximum absolute atomic E-state index is 11.8. The first kappa shape index (κ1) is 28.1. The van der Waals surface area contributed by atoms with Gasteiger partial charge in [-0.05, 0) is 26.3 Å². The summed E-state index contributed by atoms with van der Waals surface area (Å²) in [5.41, 5.74) is 0. The van der Waals surface area contributed by atoms with Crippen LogP contribution in [0.1, 0.15) is 124 Å². The van der Waals surface area contributed by atoms with E-state index in [9.17, 15) is 9.46 Å². The summed E-state index contributed by atoms with van der Waals surface area (Å²) in [6.45, 7) is 7.14. The van der Waals surface area contributed by atoms with Crippen LogP contribution in [0.3, 0.4) is 0 Å². The van der Waals surface area contributed by atoms with E-state index in [1.807, 2.05) is 0 Å². The largest absolute Gasteiger partial charge is 0.756 e. The molecule has 0 rings (SSSR count). The summed E-state index contributed by atoms with van der Waals surface area (Å²) in [6.07, 6.45) is 19.0. The summed E-state index contributed by atoms with van der Waals surface area (Å²) in [5, 5.41) is 3.11. The highest BCUT2D eigenvalue weighted by Gasteiger charge is 2.13. The number of nitrogens with one attached hydrogen (secondary N) is 1. The van der Waals surface area contributed by atoms with Crippen molar-refractivity contribution < 1.29 is 18.5 Å². The van der Waals surface area contributed by atoms with Gasteiger partial charge in [-0.1, -0.05) is 104 Å². The number of hydrogen-bond acceptors (Lipinski definition) is 5. The summed E-state index contributed by atoms with van der Waals surface area (Å²) in [5.74, 6) is 0. The summed E-state index contributed by atoms with van der Waals surface area (Å²) in [4.78, 5) is 11.8. The van der Waals surface area contributed by atoms with Crippen LogP contribution >= 0.6 is 7.82 Å². The molecule has 0 radical (unpaired) electrons. The van der Waals surface area contributed by atoms with E-state index < -0.39 is 14.1 Å². The molecule has 0 saturated heterocycles.